The van der Waals surface area contributed by atoms with Crippen LogP contribution in [-0.2, 0) is 5.75 Å². The second-order valence-corrected chi connectivity index (χ2v) is 5.64. The lowest BCUT2D eigenvalue weighted by Crippen LogP contribution is -2.30. The highest BCUT2D eigenvalue weighted by Gasteiger charge is 2.16. The molecule has 0 spiro atoms. The average molecular weight is 250 g/mol. The molecule has 0 aromatic heterocycles. The minimum absolute atomic E-state index is 0.201. The molecule has 1 saturated carbocycles. The molecule has 0 bridgehead atoms. The van der Waals surface area contributed by atoms with Crippen LogP contribution in [0.3, 0.4) is 0 Å². The maximum absolute atomic E-state index is 11.6. The molecule has 1 aliphatic carbocycles. The summed E-state index contributed by atoms with van der Waals surface area (Å²) >= 11 is 1.96. The van der Waals surface area contributed by atoms with Crippen molar-refractivity contribution in [2.45, 2.75) is 36.7 Å². The summed E-state index contributed by atoms with van der Waals surface area (Å²) in [7, 11) is 0. The smallest absolute Gasteiger partial charge is 0.265 e. The minimum atomic E-state index is -0.201. The topological polar surface area (TPSA) is 55.1 Å². The number of thioether (sulfide) groups is 1. The number of nitrogens with one attached hydrogen (secondary N) is 1. The normalized spacial score (nSPS) is 16.1. The third kappa shape index (κ3) is 3.23. The van der Waals surface area contributed by atoms with Crippen LogP contribution in [0.1, 0.15) is 41.6 Å². The van der Waals surface area contributed by atoms with Gasteiger partial charge in [0.1, 0.15) is 0 Å². The molecular formula is C13H18N2OS. The third-order valence-electron chi connectivity index (χ3n) is 3.17. The summed E-state index contributed by atoms with van der Waals surface area (Å²) in [6, 6.07) is 7.67. The molecule has 1 aromatic carbocycles. The van der Waals surface area contributed by atoms with Gasteiger partial charge in [-0.15, -0.1) is 0 Å². The fourth-order valence-corrected chi connectivity index (χ4v) is 3.54. The highest BCUT2D eigenvalue weighted by molar-refractivity contribution is 7.99. The van der Waals surface area contributed by atoms with Gasteiger partial charge in [-0.1, -0.05) is 31.0 Å². The second-order valence-electron chi connectivity index (χ2n) is 4.35. The van der Waals surface area contributed by atoms with Crippen LogP contribution in [-0.4, -0.2) is 11.2 Å². The van der Waals surface area contributed by atoms with E-state index in [4.69, 9.17) is 5.84 Å². The van der Waals surface area contributed by atoms with Crippen LogP contribution in [0.25, 0.3) is 0 Å². The van der Waals surface area contributed by atoms with E-state index < -0.39 is 0 Å². The second kappa shape index (κ2) is 6.07. The molecule has 0 heterocycles. The Morgan fingerprint density at radius 3 is 2.76 bits per heavy atom. The number of carbonyl (C=O) groups is 1. The Bertz CT molecular complexity index is 389. The first kappa shape index (κ1) is 12.5. The highest BCUT2D eigenvalue weighted by Crippen LogP contribution is 2.32. The van der Waals surface area contributed by atoms with Crippen LogP contribution in [0.4, 0.5) is 0 Å². The van der Waals surface area contributed by atoms with Gasteiger partial charge in [0.25, 0.3) is 5.91 Å². The van der Waals surface area contributed by atoms with Gasteiger partial charge in [-0.25, -0.2) is 5.84 Å². The lowest BCUT2D eigenvalue weighted by molar-refractivity contribution is 0.0953. The largest absolute Gasteiger partial charge is 0.290 e. The third-order valence-corrected chi connectivity index (χ3v) is 4.59. The summed E-state index contributed by atoms with van der Waals surface area (Å²) in [6.45, 7) is 0. The summed E-state index contributed by atoms with van der Waals surface area (Å²) in [5.41, 5.74) is 3.97. The molecule has 4 heteroatoms. The van der Waals surface area contributed by atoms with Crippen molar-refractivity contribution >= 4 is 17.7 Å². The van der Waals surface area contributed by atoms with Gasteiger partial charge in [-0.2, -0.15) is 11.8 Å². The fourth-order valence-electron chi connectivity index (χ4n) is 2.21. The summed E-state index contributed by atoms with van der Waals surface area (Å²) in [5.74, 6) is 5.88. The molecule has 1 fully saturated rings. The first-order valence-electron chi connectivity index (χ1n) is 6.01. The zero-order valence-electron chi connectivity index (χ0n) is 9.82. The number of carbonyl (C=O) groups excluding carboxylic acids is 1. The fraction of sp³-hybridized carbons (Fsp3) is 0.462. The number of hydrogen-bond donors (Lipinski definition) is 2. The molecule has 3 N–H and O–H groups in total. The van der Waals surface area contributed by atoms with Crippen molar-refractivity contribution in [2.75, 3.05) is 0 Å². The zero-order valence-corrected chi connectivity index (χ0v) is 10.6. The Kier molecular flexibility index (Phi) is 4.45. The van der Waals surface area contributed by atoms with E-state index in [-0.39, 0.29) is 5.91 Å². The van der Waals surface area contributed by atoms with Crippen LogP contribution < -0.4 is 11.3 Å². The molecular weight excluding hydrogens is 232 g/mol. The number of benzene rings is 1. The van der Waals surface area contributed by atoms with Gasteiger partial charge in [0.05, 0.1) is 0 Å². The Hall–Kier alpha value is -1.00. The van der Waals surface area contributed by atoms with E-state index in [0.717, 1.165) is 16.6 Å². The molecule has 1 aliphatic rings. The van der Waals surface area contributed by atoms with E-state index in [9.17, 15) is 4.79 Å². The molecule has 92 valence electrons. The molecule has 2 rings (SSSR count). The van der Waals surface area contributed by atoms with Gasteiger partial charge in [-0.3, -0.25) is 10.2 Å². The Balaban J connectivity index is 2.01. The van der Waals surface area contributed by atoms with Crippen molar-refractivity contribution in [2.24, 2.45) is 5.84 Å². The molecule has 0 unspecified atom stereocenters. The molecule has 3 nitrogen and oxygen atoms in total. The van der Waals surface area contributed by atoms with Gasteiger partial charge in [-0.05, 0) is 24.5 Å². The minimum Gasteiger partial charge on any atom is -0.290 e. The van der Waals surface area contributed by atoms with Gasteiger partial charge in [0, 0.05) is 16.6 Å². The number of hydrazine groups is 1. The Morgan fingerprint density at radius 2 is 2.06 bits per heavy atom. The molecule has 17 heavy (non-hydrogen) atoms. The van der Waals surface area contributed by atoms with Gasteiger partial charge in [0.15, 0.2) is 0 Å². The van der Waals surface area contributed by atoms with E-state index in [1.165, 1.54) is 25.7 Å². The highest BCUT2D eigenvalue weighted by atomic mass is 32.2. The van der Waals surface area contributed by atoms with Crippen LogP contribution in [0.15, 0.2) is 24.3 Å². The van der Waals surface area contributed by atoms with Crippen LogP contribution in [0, 0.1) is 0 Å². The van der Waals surface area contributed by atoms with Crippen LogP contribution in [0.2, 0.25) is 0 Å². The number of nitrogens with two attached hydrogens (primary N) is 1. The Morgan fingerprint density at radius 1 is 1.35 bits per heavy atom. The monoisotopic (exact) mass is 250 g/mol. The predicted octanol–water partition coefficient (Wildman–Crippen LogP) is 2.47. The first-order valence-corrected chi connectivity index (χ1v) is 7.06. The molecule has 0 aliphatic heterocycles. The lowest BCUT2D eigenvalue weighted by Gasteiger charge is -2.11. The van der Waals surface area contributed by atoms with E-state index in [2.05, 4.69) is 5.43 Å². The summed E-state index contributed by atoms with van der Waals surface area (Å²) in [5, 5.41) is 0.768. The SMILES string of the molecule is NNC(=O)c1ccccc1CSC1CCCC1. The molecule has 0 atom stereocenters. The van der Waals surface area contributed by atoms with E-state index in [1.54, 1.807) is 0 Å². The van der Waals surface area contributed by atoms with Crippen LogP contribution >= 0.6 is 11.8 Å². The number of amides is 1. The van der Waals surface area contributed by atoms with Crippen LogP contribution in [0.5, 0.6) is 0 Å². The molecule has 1 aromatic rings. The van der Waals surface area contributed by atoms with Gasteiger partial charge >= 0.3 is 0 Å². The van der Waals surface area contributed by atoms with Crippen molar-refractivity contribution in [3.63, 3.8) is 0 Å². The molecule has 1 amide bonds. The van der Waals surface area contributed by atoms with E-state index >= 15 is 0 Å². The zero-order chi connectivity index (χ0) is 12.1. The van der Waals surface area contributed by atoms with E-state index in [0.29, 0.717) is 5.56 Å². The summed E-state index contributed by atoms with van der Waals surface area (Å²) < 4.78 is 0. The first-order chi connectivity index (χ1) is 8.31. The van der Waals surface area contributed by atoms with Crippen molar-refractivity contribution in [1.82, 2.24) is 5.43 Å². The predicted molar refractivity (Wildman–Crippen MR) is 71.6 cm³/mol. The maximum Gasteiger partial charge on any atom is 0.265 e. The van der Waals surface area contributed by atoms with Crippen molar-refractivity contribution in [3.8, 4) is 0 Å². The lowest BCUT2D eigenvalue weighted by atomic mass is 10.1. The van der Waals surface area contributed by atoms with Crippen molar-refractivity contribution < 1.29 is 4.79 Å². The van der Waals surface area contributed by atoms with Gasteiger partial charge < -0.3 is 0 Å². The number of rotatable bonds is 4. The van der Waals surface area contributed by atoms with Crippen molar-refractivity contribution in [1.29, 1.82) is 0 Å². The Labute approximate surface area is 106 Å². The summed E-state index contributed by atoms with van der Waals surface area (Å²) in [4.78, 5) is 11.6. The standard InChI is InChI=1S/C13H18N2OS/c14-15-13(16)12-8-4-1-5-10(12)9-17-11-6-2-3-7-11/h1,4-5,8,11H,2-3,6-7,9,14H2,(H,15,16). The number of hydrogen-bond acceptors (Lipinski definition) is 3. The van der Waals surface area contributed by atoms with E-state index in [1.807, 2.05) is 36.0 Å². The van der Waals surface area contributed by atoms with Crippen molar-refractivity contribution in [3.05, 3.63) is 35.4 Å². The number of nitrogen functional groups attached to an aromatic ring is 1. The maximum atomic E-state index is 11.6. The molecule has 0 radical (unpaired) electrons. The summed E-state index contributed by atoms with van der Waals surface area (Å²) in [6.07, 6.45) is 5.33. The quantitative estimate of drug-likeness (QED) is 0.490. The molecule has 0 saturated heterocycles. The van der Waals surface area contributed by atoms with Gasteiger partial charge in [0.2, 0.25) is 0 Å². The average Bonchev–Trinajstić information content (AvgIpc) is 2.89.